The van der Waals surface area contributed by atoms with Crippen LogP contribution in [0.15, 0.2) is 35.9 Å². The lowest BCUT2D eigenvalue weighted by Gasteiger charge is -2.28. The Morgan fingerprint density at radius 2 is 2.05 bits per heavy atom. The Morgan fingerprint density at radius 1 is 1.37 bits per heavy atom. The van der Waals surface area contributed by atoms with Crippen molar-refractivity contribution < 1.29 is 9.53 Å². The summed E-state index contributed by atoms with van der Waals surface area (Å²) in [5.74, 6) is 0.0439. The maximum absolute atomic E-state index is 11.9. The highest BCUT2D eigenvalue weighted by Gasteiger charge is 2.21. The molecular weight excluding hydrogens is 238 g/mol. The van der Waals surface area contributed by atoms with Crippen molar-refractivity contribution in [3.63, 3.8) is 0 Å². The van der Waals surface area contributed by atoms with Crippen molar-refractivity contribution in [3.8, 4) is 0 Å². The van der Waals surface area contributed by atoms with Gasteiger partial charge in [-0.25, -0.2) is 0 Å². The van der Waals surface area contributed by atoms with E-state index < -0.39 is 0 Å². The van der Waals surface area contributed by atoms with Gasteiger partial charge < -0.3 is 9.64 Å². The molecule has 0 aromatic heterocycles. The van der Waals surface area contributed by atoms with E-state index in [-0.39, 0.29) is 12.0 Å². The summed E-state index contributed by atoms with van der Waals surface area (Å²) >= 11 is 0. The topological polar surface area (TPSA) is 29.5 Å². The first kappa shape index (κ1) is 13.8. The first-order chi connectivity index (χ1) is 9.06. The van der Waals surface area contributed by atoms with Crippen molar-refractivity contribution in [1.29, 1.82) is 0 Å². The summed E-state index contributed by atoms with van der Waals surface area (Å²) in [7, 11) is 1.83. The van der Waals surface area contributed by atoms with Crippen LogP contribution in [0.2, 0.25) is 0 Å². The minimum atomic E-state index is 0.0439. The first-order valence-electron chi connectivity index (χ1n) is 6.64. The van der Waals surface area contributed by atoms with Gasteiger partial charge in [0.1, 0.15) is 0 Å². The number of hydrogen-bond donors (Lipinski definition) is 0. The average molecular weight is 259 g/mol. The molecule has 3 heteroatoms. The summed E-state index contributed by atoms with van der Waals surface area (Å²) in [5, 5.41) is 0. The molecule has 0 bridgehead atoms. The van der Waals surface area contributed by atoms with Crippen molar-refractivity contribution in [2.45, 2.75) is 33.0 Å². The zero-order valence-electron chi connectivity index (χ0n) is 11.8. The molecule has 0 spiro atoms. The van der Waals surface area contributed by atoms with Crippen molar-refractivity contribution in [1.82, 2.24) is 4.90 Å². The van der Waals surface area contributed by atoms with Gasteiger partial charge in [0, 0.05) is 26.1 Å². The maximum Gasteiger partial charge on any atom is 0.246 e. The zero-order chi connectivity index (χ0) is 13.8. The standard InChI is InChI=1S/C16H21NO2/c1-12(2)8-16(18)17(3)10-15-9-13-6-4-5-7-14(13)11-19-15/h4-8,15H,9-11H2,1-3H3. The zero-order valence-corrected chi connectivity index (χ0v) is 11.8. The molecule has 1 aromatic rings. The Balaban J connectivity index is 1.95. The van der Waals surface area contributed by atoms with E-state index >= 15 is 0 Å². The quantitative estimate of drug-likeness (QED) is 0.781. The lowest BCUT2D eigenvalue weighted by molar-refractivity contribution is -0.127. The van der Waals surface area contributed by atoms with Crippen LogP contribution in [0.3, 0.4) is 0 Å². The van der Waals surface area contributed by atoms with Gasteiger partial charge in [0.2, 0.25) is 5.91 Å². The Hall–Kier alpha value is -1.61. The van der Waals surface area contributed by atoms with E-state index in [4.69, 9.17) is 4.74 Å². The molecule has 1 amide bonds. The van der Waals surface area contributed by atoms with Crippen LogP contribution >= 0.6 is 0 Å². The molecule has 1 aromatic carbocycles. The van der Waals surface area contributed by atoms with Crippen LogP contribution in [0.1, 0.15) is 25.0 Å². The second kappa shape index (κ2) is 6.02. The Kier molecular flexibility index (Phi) is 4.38. The summed E-state index contributed by atoms with van der Waals surface area (Å²) in [6.07, 6.45) is 2.63. The number of hydrogen-bond acceptors (Lipinski definition) is 2. The lowest BCUT2D eigenvalue weighted by atomic mass is 9.99. The number of likely N-dealkylation sites (N-methyl/N-ethyl adjacent to an activating group) is 1. The van der Waals surface area contributed by atoms with Gasteiger partial charge in [-0.1, -0.05) is 29.8 Å². The van der Waals surface area contributed by atoms with Crippen LogP contribution < -0.4 is 0 Å². The predicted molar refractivity (Wildman–Crippen MR) is 75.8 cm³/mol. The van der Waals surface area contributed by atoms with Gasteiger partial charge in [-0.2, -0.15) is 0 Å². The smallest absolute Gasteiger partial charge is 0.246 e. The third-order valence-corrected chi connectivity index (χ3v) is 3.31. The maximum atomic E-state index is 11.9. The molecule has 3 nitrogen and oxygen atoms in total. The molecule has 19 heavy (non-hydrogen) atoms. The van der Waals surface area contributed by atoms with E-state index in [0.29, 0.717) is 13.2 Å². The molecule has 0 radical (unpaired) electrons. The van der Waals surface area contributed by atoms with Gasteiger partial charge in [0.05, 0.1) is 12.7 Å². The summed E-state index contributed by atoms with van der Waals surface area (Å²) in [6, 6.07) is 8.33. The van der Waals surface area contributed by atoms with Gasteiger partial charge in [0.25, 0.3) is 0 Å². The molecule has 1 unspecified atom stereocenters. The van der Waals surface area contributed by atoms with Crippen molar-refractivity contribution in [3.05, 3.63) is 47.0 Å². The average Bonchev–Trinajstić information content (AvgIpc) is 2.37. The number of benzene rings is 1. The Morgan fingerprint density at radius 3 is 2.74 bits per heavy atom. The molecule has 1 aliphatic heterocycles. The fourth-order valence-electron chi connectivity index (χ4n) is 2.28. The first-order valence-corrected chi connectivity index (χ1v) is 6.64. The van der Waals surface area contributed by atoms with Crippen molar-refractivity contribution in [2.75, 3.05) is 13.6 Å². The van der Waals surface area contributed by atoms with Crippen LogP contribution in [0, 0.1) is 0 Å². The third kappa shape index (κ3) is 3.67. The van der Waals surface area contributed by atoms with E-state index in [2.05, 4.69) is 18.2 Å². The Labute approximate surface area is 114 Å². The monoisotopic (exact) mass is 259 g/mol. The van der Waals surface area contributed by atoms with Gasteiger partial charge >= 0.3 is 0 Å². The van der Waals surface area contributed by atoms with Crippen LogP contribution in [0.25, 0.3) is 0 Å². The lowest BCUT2D eigenvalue weighted by Crippen LogP contribution is -2.37. The number of fused-ring (bicyclic) bond motifs is 1. The second-order valence-corrected chi connectivity index (χ2v) is 5.35. The summed E-state index contributed by atoms with van der Waals surface area (Å²) in [5.41, 5.74) is 3.62. The molecule has 2 rings (SSSR count). The second-order valence-electron chi connectivity index (χ2n) is 5.35. The molecule has 1 atom stereocenters. The van der Waals surface area contributed by atoms with E-state index in [1.807, 2.05) is 27.0 Å². The van der Waals surface area contributed by atoms with Crippen LogP contribution in [0.5, 0.6) is 0 Å². The van der Waals surface area contributed by atoms with E-state index in [1.165, 1.54) is 11.1 Å². The summed E-state index contributed by atoms with van der Waals surface area (Å²) in [6.45, 7) is 5.14. The van der Waals surface area contributed by atoms with Crippen LogP contribution in [-0.4, -0.2) is 30.5 Å². The van der Waals surface area contributed by atoms with E-state index in [0.717, 1.165) is 12.0 Å². The normalized spacial score (nSPS) is 17.5. The van der Waals surface area contributed by atoms with Crippen LogP contribution in [0.4, 0.5) is 0 Å². The number of allylic oxidation sites excluding steroid dienone is 1. The largest absolute Gasteiger partial charge is 0.371 e. The molecule has 0 fully saturated rings. The molecule has 0 saturated carbocycles. The van der Waals surface area contributed by atoms with Gasteiger partial charge in [0.15, 0.2) is 0 Å². The highest BCUT2D eigenvalue weighted by atomic mass is 16.5. The number of carbonyl (C=O) groups is 1. The number of carbonyl (C=O) groups excluding carboxylic acids is 1. The molecular formula is C16H21NO2. The highest BCUT2D eigenvalue weighted by Crippen LogP contribution is 2.20. The van der Waals surface area contributed by atoms with Gasteiger partial charge in [-0.3, -0.25) is 4.79 Å². The van der Waals surface area contributed by atoms with Crippen molar-refractivity contribution >= 4 is 5.91 Å². The number of rotatable bonds is 3. The molecule has 0 saturated heterocycles. The molecule has 102 valence electrons. The van der Waals surface area contributed by atoms with Gasteiger partial charge in [-0.05, 0) is 25.0 Å². The van der Waals surface area contributed by atoms with E-state index in [9.17, 15) is 4.79 Å². The Bertz CT molecular complexity index is 489. The van der Waals surface area contributed by atoms with E-state index in [1.54, 1.807) is 11.0 Å². The fraction of sp³-hybridized carbons (Fsp3) is 0.438. The summed E-state index contributed by atoms with van der Waals surface area (Å²) < 4.78 is 5.82. The molecule has 1 heterocycles. The molecule has 0 N–H and O–H groups in total. The fourth-order valence-corrected chi connectivity index (χ4v) is 2.28. The third-order valence-electron chi connectivity index (χ3n) is 3.31. The minimum absolute atomic E-state index is 0.0439. The number of nitrogens with zero attached hydrogens (tertiary/aromatic N) is 1. The molecule has 1 aliphatic rings. The van der Waals surface area contributed by atoms with Crippen molar-refractivity contribution in [2.24, 2.45) is 0 Å². The molecule has 0 aliphatic carbocycles. The number of amides is 1. The summed E-state index contributed by atoms with van der Waals surface area (Å²) in [4.78, 5) is 13.6. The SMILES string of the molecule is CC(C)=CC(=O)N(C)CC1Cc2ccccc2CO1. The van der Waals surface area contributed by atoms with Gasteiger partial charge in [-0.15, -0.1) is 0 Å². The highest BCUT2D eigenvalue weighted by molar-refractivity contribution is 5.87. The number of ether oxygens (including phenoxy) is 1. The predicted octanol–water partition coefficient (Wildman–Crippen LogP) is 2.55. The minimum Gasteiger partial charge on any atom is -0.371 e. The van der Waals surface area contributed by atoms with Crippen LogP contribution in [-0.2, 0) is 22.6 Å².